The fourth-order valence-corrected chi connectivity index (χ4v) is 5.78. The second-order valence-corrected chi connectivity index (χ2v) is 8.99. The molecule has 0 heterocycles. The van der Waals surface area contributed by atoms with Gasteiger partial charge in [0.25, 0.3) is 5.91 Å². The van der Waals surface area contributed by atoms with Crippen molar-refractivity contribution >= 4 is 29.2 Å². The predicted molar refractivity (Wildman–Crippen MR) is 106 cm³/mol. The molecule has 5 rings (SSSR count). The molecule has 0 unspecified atom stereocenters. The lowest BCUT2D eigenvalue weighted by molar-refractivity contribution is -0.177. The van der Waals surface area contributed by atoms with Gasteiger partial charge in [0.1, 0.15) is 0 Å². The Labute approximate surface area is 165 Å². The molecule has 4 fully saturated rings. The van der Waals surface area contributed by atoms with Gasteiger partial charge in [-0.25, -0.2) is 0 Å². The number of carbonyl (C=O) groups excluding carboxylic acids is 3. The van der Waals surface area contributed by atoms with E-state index in [2.05, 4.69) is 10.6 Å². The van der Waals surface area contributed by atoms with E-state index in [0.29, 0.717) is 29.1 Å². The van der Waals surface area contributed by atoms with Crippen LogP contribution in [-0.2, 0) is 19.1 Å². The molecule has 4 bridgehead atoms. The minimum atomic E-state index is -0.837. The summed E-state index contributed by atoms with van der Waals surface area (Å²) in [5.74, 6) is 1.29. The third-order valence-electron chi connectivity index (χ3n) is 6.60. The molecule has 4 aliphatic carbocycles. The highest BCUT2D eigenvalue weighted by molar-refractivity contribution is 5.96. The van der Waals surface area contributed by atoms with Crippen molar-refractivity contribution in [2.24, 2.45) is 23.2 Å². The number of hydrogen-bond donors (Lipinski definition) is 2. The van der Waals surface area contributed by atoms with Crippen LogP contribution in [-0.4, -0.2) is 23.9 Å². The molecule has 150 valence electrons. The van der Waals surface area contributed by atoms with Crippen molar-refractivity contribution in [2.45, 2.75) is 58.5 Å². The minimum Gasteiger partial charge on any atom is -0.452 e. The van der Waals surface area contributed by atoms with E-state index in [9.17, 15) is 14.4 Å². The Morgan fingerprint density at radius 1 is 0.929 bits per heavy atom. The largest absolute Gasteiger partial charge is 0.452 e. The number of anilines is 2. The van der Waals surface area contributed by atoms with Crippen LogP contribution >= 0.6 is 0 Å². The van der Waals surface area contributed by atoms with E-state index in [1.807, 2.05) is 0 Å². The Morgan fingerprint density at radius 2 is 1.39 bits per heavy atom. The fourth-order valence-electron chi connectivity index (χ4n) is 5.78. The van der Waals surface area contributed by atoms with E-state index in [1.165, 1.54) is 26.2 Å². The van der Waals surface area contributed by atoms with Gasteiger partial charge in [-0.1, -0.05) is 0 Å². The van der Waals surface area contributed by atoms with E-state index in [4.69, 9.17) is 4.74 Å². The predicted octanol–water partition coefficient (Wildman–Crippen LogP) is 3.73. The monoisotopic (exact) mass is 384 g/mol. The van der Waals surface area contributed by atoms with Crippen molar-refractivity contribution in [2.75, 3.05) is 10.6 Å². The van der Waals surface area contributed by atoms with E-state index in [0.717, 1.165) is 19.3 Å². The summed E-state index contributed by atoms with van der Waals surface area (Å²) in [6, 6.07) is 6.83. The molecule has 1 aromatic carbocycles. The molecular formula is C22H28N2O4. The van der Waals surface area contributed by atoms with E-state index in [-0.39, 0.29) is 23.2 Å². The minimum absolute atomic E-state index is 0.151. The summed E-state index contributed by atoms with van der Waals surface area (Å²) >= 11 is 0. The SMILES string of the molecule is CC(=O)Nc1ccc(NC(=O)[C@@H](C)OC(=O)C23CC4CC(CC(C4)C2)C3)cc1. The number of rotatable bonds is 5. The fraction of sp³-hybridized carbons (Fsp3) is 0.591. The van der Waals surface area contributed by atoms with Crippen LogP contribution in [0.4, 0.5) is 11.4 Å². The van der Waals surface area contributed by atoms with Gasteiger partial charge in [-0.05, 0) is 87.5 Å². The van der Waals surface area contributed by atoms with Gasteiger partial charge in [-0.3, -0.25) is 14.4 Å². The highest BCUT2D eigenvalue weighted by atomic mass is 16.5. The van der Waals surface area contributed by atoms with Crippen LogP contribution < -0.4 is 10.6 Å². The highest BCUT2D eigenvalue weighted by Crippen LogP contribution is 2.60. The first-order valence-corrected chi connectivity index (χ1v) is 10.2. The maximum absolute atomic E-state index is 13.0. The number of hydrogen-bond acceptors (Lipinski definition) is 4. The normalized spacial score (nSPS) is 31.1. The maximum atomic E-state index is 13.0. The van der Waals surface area contributed by atoms with Crippen molar-refractivity contribution in [3.8, 4) is 0 Å². The van der Waals surface area contributed by atoms with Crippen molar-refractivity contribution in [3.63, 3.8) is 0 Å². The molecule has 6 heteroatoms. The lowest BCUT2D eigenvalue weighted by atomic mass is 9.49. The summed E-state index contributed by atoms with van der Waals surface area (Å²) in [5, 5.41) is 5.45. The molecule has 0 spiro atoms. The number of ether oxygens (including phenoxy) is 1. The van der Waals surface area contributed by atoms with E-state index in [1.54, 1.807) is 31.2 Å². The zero-order chi connectivity index (χ0) is 19.9. The smallest absolute Gasteiger partial charge is 0.312 e. The van der Waals surface area contributed by atoms with E-state index >= 15 is 0 Å². The molecule has 2 amide bonds. The molecule has 0 radical (unpaired) electrons. The van der Waals surface area contributed by atoms with E-state index < -0.39 is 6.10 Å². The Balaban J connectivity index is 1.34. The molecule has 1 atom stereocenters. The van der Waals surface area contributed by atoms with Crippen LogP contribution in [0.15, 0.2) is 24.3 Å². The number of nitrogens with one attached hydrogen (secondary N) is 2. The zero-order valence-electron chi connectivity index (χ0n) is 16.5. The first-order valence-electron chi connectivity index (χ1n) is 10.2. The molecule has 2 N–H and O–H groups in total. The maximum Gasteiger partial charge on any atom is 0.312 e. The summed E-state index contributed by atoms with van der Waals surface area (Å²) in [7, 11) is 0. The van der Waals surface area contributed by atoms with Crippen LogP contribution in [0.2, 0.25) is 0 Å². The number of esters is 1. The molecule has 4 aliphatic rings. The summed E-state index contributed by atoms with van der Waals surface area (Å²) < 4.78 is 5.64. The quantitative estimate of drug-likeness (QED) is 0.758. The third kappa shape index (κ3) is 3.77. The summed E-state index contributed by atoms with van der Waals surface area (Å²) in [6.45, 7) is 3.06. The molecule has 28 heavy (non-hydrogen) atoms. The highest BCUT2D eigenvalue weighted by Gasteiger charge is 2.55. The molecule has 6 nitrogen and oxygen atoms in total. The van der Waals surface area contributed by atoms with Crippen molar-refractivity contribution in [1.82, 2.24) is 0 Å². The van der Waals surface area contributed by atoms with Gasteiger partial charge in [0.05, 0.1) is 5.41 Å². The first kappa shape index (κ1) is 19.0. The molecular weight excluding hydrogens is 356 g/mol. The van der Waals surface area contributed by atoms with Crippen molar-refractivity contribution in [1.29, 1.82) is 0 Å². The Hall–Kier alpha value is -2.37. The van der Waals surface area contributed by atoms with Gasteiger partial charge >= 0.3 is 5.97 Å². The molecule has 0 saturated heterocycles. The molecule has 1 aromatic rings. The Morgan fingerprint density at radius 3 is 1.86 bits per heavy atom. The van der Waals surface area contributed by atoms with Gasteiger partial charge < -0.3 is 15.4 Å². The Kier molecular flexibility index (Phi) is 4.89. The molecule has 0 aliphatic heterocycles. The van der Waals surface area contributed by atoms with Crippen molar-refractivity contribution < 1.29 is 19.1 Å². The summed E-state index contributed by atoms with van der Waals surface area (Å²) in [5.41, 5.74) is 0.895. The van der Waals surface area contributed by atoms with Gasteiger partial charge in [0.15, 0.2) is 6.10 Å². The lowest BCUT2D eigenvalue weighted by Gasteiger charge is -2.55. The lowest BCUT2D eigenvalue weighted by Crippen LogP contribution is -2.51. The second-order valence-electron chi connectivity index (χ2n) is 8.99. The van der Waals surface area contributed by atoms with Gasteiger partial charge in [0.2, 0.25) is 5.91 Å². The van der Waals surface area contributed by atoms with Crippen LogP contribution in [0.25, 0.3) is 0 Å². The molecule has 4 saturated carbocycles. The van der Waals surface area contributed by atoms with Gasteiger partial charge in [-0.15, -0.1) is 0 Å². The van der Waals surface area contributed by atoms with Gasteiger partial charge in [-0.2, -0.15) is 0 Å². The molecule has 0 aromatic heterocycles. The first-order chi connectivity index (χ1) is 13.3. The zero-order valence-corrected chi connectivity index (χ0v) is 16.5. The Bertz CT molecular complexity index is 751. The van der Waals surface area contributed by atoms with Crippen LogP contribution in [0, 0.1) is 23.2 Å². The average Bonchev–Trinajstić information content (AvgIpc) is 2.61. The third-order valence-corrected chi connectivity index (χ3v) is 6.60. The van der Waals surface area contributed by atoms with Crippen molar-refractivity contribution in [3.05, 3.63) is 24.3 Å². The second kappa shape index (κ2) is 7.22. The standard InChI is InChI=1S/C22H28N2O4/c1-13(20(26)24-19-5-3-18(4-6-19)23-14(2)25)28-21(27)22-10-15-7-16(11-22)9-17(8-15)12-22/h3-6,13,15-17H,7-12H2,1-2H3,(H,23,25)(H,24,26)/t13-,15?,16?,17?,22?/m1/s1. The number of amides is 2. The number of benzene rings is 1. The average molecular weight is 384 g/mol. The summed E-state index contributed by atoms with van der Waals surface area (Å²) in [6.07, 6.45) is 5.73. The number of carbonyl (C=O) groups is 3. The van der Waals surface area contributed by atoms with Crippen LogP contribution in [0.1, 0.15) is 52.4 Å². The topological polar surface area (TPSA) is 84.5 Å². The van der Waals surface area contributed by atoms with Crippen LogP contribution in [0.5, 0.6) is 0 Å². The summed E-state index contributed by atoms with van der Waals surface area (Å²) in [4.78, 5) is 36.5. The van der Waals surface area contributed by atoms with Crippen LogP contribution in [0.3, 0.4) is 0 Å². The van der Waals surface area contributed by atoms with Gasteiger partial charge in [0, 0.05) is 18.3 Å².